The van der Waals surface area contributed by atoms with Crippen molar-refractivity contribution in [1.29, 1.82) is 0 Å². The van der Waals surface area contributed by atoms with Crippen LogP contribution in [0.15, 0.2) is 22.7 Å². The Morgan fingerprint density at radius 2 is 2.00 bits per heavy atom. The van der Waals surface area contributed by atoms with E-state index in [0.29, 0.717) is 23.3 Å². The van der Waals surface area contributed by atoms with Crippen molar-refractivity contribution in [1.82, 2.24) is 24.8 Å². The Bertz CT molecular complexity index is 1020. The third-order valence-corrected chi connectivity index (χ3v) is 6.75. The van der Waals surface area contributed by atoms with Crippen molar-refractivity contribution in [2.24, 2.45) is 5.92 Å². The minimum atomic E-state index is -0.322. The molecular weight excluding hydrogens is 381 g/mol. The molecule has 160 valence electrons. The van der Waals surface area contributed by atoms with Crippen molar-refractivity contribution in [3.05, 3.63) is 35.6 Å². The Hall–Kier alpha value is -2.28. The average molecular weight is 412 g/mol. The average Bonchev–Trinajstić information content (AvgIpc) is 3.47. The number of benzene rings is 1. The van der Waals surface area contributed by atoms with Gasteiger partial charge in [0.15, 0.2) is 0 Å². The molecule has 1 unspecified atom stereocenters. The van der Waals surface area contributed by atoms with Gasteiger partial charge in [-0.25, -0.2) is 4.39 Å². The summed E-state index contributed by atoms with van der Waals surface area (Å²) < 4.78 is 21.7. The highest BCUT2D eigenvalue weighted by molar-refractivity contribution is 5.84. The predicted molar refractivity (Wildman–Crippen MR) is 113 cm³/mol. The maximum atomic E-state index is 14.6. The summed E-state index contributed by atoms with van der Waals surface area (Å²) in [5, 5.41) is 9.56. The topological polar surface area (TPSA) is 60.0 Å². The molecule has 1 saturated heterocycles. The van der Waals surface area contributed by atoms with Crippen LogP contribution in [0.1, 0.15) is 69.9 Å². The zero-order chi connectivity index (χ0) is 20.7. The van der Waals surface area contributed by atoms with Crippen molar-refractivity contribution < 1.29 is 8.91 Å². The summed E-state index contributed by atoms with van der Waals surface area (Å²) in [5.41, 5.74) is 1.26. The van der Waals surface area contributed by atoms with Crippen LogP contribution in [0.4, 0.5) is 4.39 Å². The first-order valence-corrected chi connectivity index (χ1v) is 11.3. The monoisotopic (exact) mass is 411 g/mol. The van der Waals surface area contributed by atoms with Crippen molar-refractivity contribution in [2.45, 2.75) is 70.8 Å². The third-order valence-electron chi connectivity index (χ3n) is 6.75. The lowest BCUT2D eigenvalue weighted by molar-refractivity contribution is 0.184. The Labute approximate surface area is 176 Å². The Balaban J connectivity index is 1.34. The van der Waals surface area contributed by atoms with E-state index in [9.17, 15) is 4.39 Å². The van der Waals surface area contributed by atoms with Crippen LogP contribution in [0.5, 0.6) is 0 Å². The van der Waals surface area contributed by atoms with E-state index in [-0.39, 0.29) is 11.7 Å². The Kier molecular flexibility index (Phi) is 5.31. The van der Waals surface area contributed by atoms with Gasteiger partial charge >= 0.3 is 0 Å². The molecule has 3 aromatic rings. The smallest absolute Gasteiger partial charge is 0.291 e. The SMILES string of the molecule is CC(C)c1nn(-c2noc(CC3CCN(C4CCCCC4)C3)n2)c2c(F)cccc12. The normalized spacial score (nSPS) is 21.3. The fourth-order valence-corrected chi connectivity index (χ4v) is 5.19. The van der Waals surface area contributed by atoms with Gasteiger partial charge in [0.2, 0.25) is 5.89 Å². The van der Waals surface area contributed by atoms with E-state index < -0.39 is 0 Å². The molecule has 0 radical (unpaired) electrons. The van der Waals surface area contributed by atoms with Gasteiger partial charge in [0.1, 0.15) is 11.3 Å². The number of hydrogen-bond acceptors (Lipinski definition) is 5. The van der Waals surface area contributed by atoms with Crippen molar-refractivity contribution in [3.63, 3.8) is 0 Å². The van der Waals surface area contributed by atoms with E-state index in [1.807, 2.05) is 6.07 Å². The highest BCUT2D eigenvalue weighted by atomic mass is 19.1. The number of para-hydroxylation sites is 1. The molecule has 1 saturated carbocycles. The number of nitrogens with zero attached hydrogens (tertiary/aromatic N) is 5. The molecule has 0 spiro atoms. The second kappa shape index (κ2) is 8.10. The minimum absolute atomic E-state index is 0.172. The van der Waals surface area contributed by atoms with Gasteiger partial charge in [0.25, 0.3) is 5.95 Å². The molecule has 1 aliphatic heterocycles. The standard InChI is InChI=1S/C23H30FN5O/c1-15(2)21-18-9-6-10-19(24)22(18)29(26-21)23-25-20(30-27-23)13-16-11-12-28(14-16)17-7-4-3-5-8-17/h6,9-10,15-17H,3-5,7-8,11-14H2,1-2H3. The fraction of sp³-hybridized carbons (Fsp3) is 0.609. The van der Waals surface area contributed by atoms with Crippen LogP contribution in [0.25, 0.3) is 16.9 Å². The molecule has 0 N–H and O–H groups in total. The lowest BCUT2D eigenvalue weighted by atomic mass is 9.94. The van der Waals surface area contributed by atoms with Gasteiger partial charge in [-0.1, -0.05) is 45.2 Å². The van der Waals surface area contributed by atoms with Crippen LogP contribution < -0.4 is 0 Å². The first-order valence-electron chi connectivity index (χ1n) is 11.3. The maximum Gasteiger partial charge on any atom is 0.291 e. The van der Waals surface area contributed by atoms with Crippen LogP contribution in [0.3, 0.4) is 0 Å². The molecule has 5 rings (SSSR count). The van der Waals surface area contributed by atoms with Gasteiger partial charge in [0.05, 0.1) is 5.69 Å². The van der Waals surface area contributed by atoms with E-state index in [0.717, 1.165) is 30.1 Å². The fourth-order valence-electron chi connectivity index (χ4n) is 5.19. The van der Waals surface area contributed by atoms with E-state index in [2.05, 4.69) is 34.0 Å². The molecule has 2 aliphatic rings. The van der Waals surface area contributed by atoms with Gasteiger partial charge in [-0.05, 0) is 48.9 Å². The summed E-state index contributed by atoms with van der Waals surface area (Å²) in [6.07, 6.45) is 8.75. The van der Waals surface area contributed by atoms with E-state index in [4.69, 9.17) is 4.52 Å². The van der Waals surface area contributed by atoms with E-state index in [1.165, 1.54) is 55.8 Å². The summed E-state index contributed by atoms with van der Waals surface area (Å²) in [6, 6.07) is 5.82. The molecule has 2 aromatic heterocycles. The first-order chi connectivity index (χ1) is 14.6. The van der Waals surface area contributed by atoms with Gasteiger partial charge in [0, 0.05) is 24.4 Å². The number of aromatic nitrogens is 4. The highest BCUT2D eigenvalue weighted by Crippen LogP contribution is 2.30. The first kappa shape index (κ1) is 19.7. The molecule has 1 aliphatic carbocycles. The molecule has 1 aromatic carbocycles. The molecular formula is C23H30FN5O. The van der Waals surface area contributed by atoms with Crippen molar-refractivity contribution in [3.8, 4) is 5.95 Å². The summed E-state index contributed by atoms with van der Waals surface area (Å²) >= 11 is 0. The summed E-state index contributed by atoms with van der Waals surface area (Å²) in [7, 11) is 0. The van der Waals surface area contributed by atoms with Crippen LogP contribution >= 0.6 is 0 Å². The number of rotatable bonds is 5. The Morgan fingerprint density at radius 1 is 1.17 bits per heavy atom. The number of fused-ring (bicyclic) bond motifs is 1. The second-order valence-electron chi connectivity index (χ2n) is 9.22. The lowest BCUT2D eigenvalue weighted by Crippen LogP contribution is -2.35. The molecule has 0 amide bonds. The van der Waals surface area contributed by atoms with Gasteiger partial charge in [-0.3, -0.25) is 0 Å². The quantitative estimate of drug-likeness (QED) is 0.600. The molecule has 2 fully saturated rings. The van der Waals surface area contributed by atoms with E-state index in [1.54, 1.807) is 6.07 Å². The summed E-state index contributed by atoms with van der Waals surface area (Å²) in [5.74, 6) is 1.32. The molecule has 30 heavy (non-hydrogen) atoms. The molecule has 7 heteroatoms. The number of halogens is 1. The van der Waals surface area contributed by atoms with Gasteiger partial charge < -0.3 is 9.42 Å². The molecule has 6 nitrogen and oxygen atoms in total. The number of likely N-dealkylation sites (tertiary alicyclic amines) is 1. The number of hydrogen-bond donors (Lipinski definition) is 0. The van der Waals surface area contributed by atoms with Crippen LogP contribution in [0, 0.1) is 11.7 Å². The molecule has 3 heterocycles. The van der Waals surface area contributed by atoms with Gasteiger partial charge in [-0.2, -0.15) is 14.8 Å². The summed E-state index contributed by atoms with van der Waals surface area (Å²) in [4.78, 5) is 7.24. The predicted octanol–water partition coefficient (Wildman–Crippen LogP) is 4.87. The lowest BCUT2D eigenvalue weighted by Gasteiger charge is -2.31. The zero-order valence-corrected chi connectivity index (χ0v) is 17.9. The minimum Gasteiger partial charge on any atom is -0.337 e. The molecule has 0 bridgehead atoms. The summed E-state index contributed by atoms with van der Waals surface area (Å²) in [6.45, 7) is 6.38. The largest absolute Gasteiger partial charge is 0.337 e. The molecule has 1 atom stereocenters. The Morgan fingerprint density at radius 3 is 2.80 bits per heavy atom. The van der Waals surface area contributed by atoms with Crippen LogP contribution in [-0.2, 0) is 6.42 Å². The zero-order valence-electron chi connectivity index (χ0n) is 17.9. The third kappa shape index (κ3) is 3.64. The van der Waals surface area contributed by atoms with Crippen molar-refractivity contribution in [2.75, 3.05) is 13.1 Å². The second-order valence-corrected chi connectivity index (χ2v) is 9.22. The van der Waals surface area contributed by atoms with Crippen molar-refractivity contribution >= 4 is 10.9 Å². The van der Waals surface area contributed by atoms with E-state index >= 15 is 0 Å². The maximum absolute atomic E-state index is 14.6. The highest BCUT2D eigenvalue weighted by Gasteiger charge is 2.30. The van der Waals surface area contributed by atoms with Gasteiger partial charge in [-0.15, -0.1) is 0 Å². The van der Waals surface area contributed by atoms with Crippen LogP contribution in [0.2, 0.25) is 0 Å². The van der Waals surface area contributed by atoms with Crippen LogP contribution in [-0.4, -0.2) is 44.0 Å².